The number of cyclic esters (lactones) is 1. The molecule has 0 bridgehead atoms. The lowest BCUT2D eigenvalue weighted by atomic mass is 10.1. The molecule has 0 saturated heterocycles. The second-order valence-corrected chi connectivity index (χ2v) is 5.66. The quantitative estimate of drug-likeness (QED) is 0.609. The highest BCUT2D eigenvalue weighted by Crippen LogP contribution is 2.39. The van der Waals surface area contributed by atoms with Crippen molar-refractivity contribution in [3.63, 3.8) is 0 Å². The van der Waals surface area contributed by atoms with E-state index in [0.717, 1.165) is 11.1 Å². The molecule has 6 heteroatoms. The van der Waals surface area contributed by atoms with Crippen molar-refractivity contribution in [2.24, 2.45) is 4.99 Å². The Morgan fingerprint density at radius 2 is 1.69 bits per heavy atom. The van der Waals surface area contributed by atoms with E-state index in [-0.39, 0.29) is 11.6 Å². The minimum Gasteiger partial charge on any atom is -0.493 e. The van der Waals surface area contributed by atoms with E-state index >= 15 is 0 Å². The highest BCUT2D eigenvalue weighted by Gasteiger charge is 2.24. The van der Waals surface area contributed by atoms with E-state index < -0.39 is 5.97 Å². The number of carbonyl (C=O) groups excluding carboxylic acids is 1. The second kappa shape index (κ2) is 7.31. The molecule has 0 amide bonds. The molecule has 0 spiro atoms. The van der Waals surface area contributed by atoms with Crippen LogP contribution >= 0.6 is 0 Å². The summed E-state index contributed by atoms with van der Waals surface area (Å²) in [7, 11) is 4.60. The first kappa shape index (κ1) is 17.5. The Hall–Kier alpha value is -3.28. The molecule has 0 radical (unpaired) electrons. The van der Waals surface area contributed by atoms with Crippen LogP contribution in [0.5, 0.6) is 17.2 Å². The van der Waals surface area contributed by atoms with Gasteiger partial charge >= 0.3 is 5.97 Å². The average Bonchev–Trinajstić information content (AvgIpc) is 3.01. The number of methoxy groups -OCH3 is 3. The van der Waals surface area contributed by atoms with Crippen molar-refractivity contribution in [2.45, 2.75) is 6.92 Å². The highest BCUT2D eigenvalue weighted by atomic mass is 16.6. The Balaban J connectivity index is 2.00. The monoisotopic (exact) mass is 353 g/mol. The smallest absolute Gasteiger partial charge is 0.363 e. The molecule has 0 fully saturated rings. The van der Waals surface area contributed by atoms with Crippen molar-refractivity contribution in [3.8, 4) is 17.2 Å². The van der Waals surface area contributed by atoms with E-state index in [2.05, 4.69) is 4.99 Å². The number of esters is 1. The van der Waals surface area contributed by atoms with E-state index in [4.69, 9.17) is 18.9 Å². The maximum absolute atomic E-state index is 12.2. The molecule has 6 nitrogen and oxygen atoms in total. The third-order valence-electron chi connectivity index (χ3n) is 3.88. The number of hydrogen-bond donors (Lipinski definition) is 0. The molecular formula is C20H19NO5. The van der Waals surface area contributed by atoms with Gasteiger partial charge in [-0.3, -0.25) is 0 Å². The molecule has 1 aliphatic heterocycles. The lowest BCUT2D eigenvalue weighted by Gasteiger charge is -2.12. The van der Waals surface area contributed by atoms with E-state index in [1.54, 1.807) is 18.2 Å². The second-order valence-electron chi connectivity index (χ2n) is 5.66. The largest absolute Gasteiger partial charge is 0.493 e. The molecule has 0 atom stereocenters. The van der Waals surface area contributed by atoms with Gasteiger partial charge in [-0.1, -0.05) is 17.7 Å². The number of benzene rings is 2. The normalized spacial score (nSPS) is 14.8. The predicted octanol–water partition coefficient (Wildman–Crippen LogP) is 3.37. The summed E-state index contributed by atoms with van der Waals surface area (Å²) in [5.74, 6) is 1.25. The van der Waals surface area contributed by atoms with Crippen LogP contribution in [0.25, 0.3) is 6.08 Å². The molecule has 2 aromatic carbocycles. The fraction of sp³-hybridized carbons (Fsp3) is 0.200. The maximum Gasteiger partial charge on any atom is 0.363 e. The summed E-state index contributed by atoms with van der Waals surface area (Å²) < 4.78 is 21.3. The summed E-state index contributed by atoms with van der Waals surface area (Å²) in [6, 6.07) is 11.1. The van der Waals surface area contributed by atoms with Crippen LogP contribution in [-0.4, -0.2) is 33.2 Å². The zero-order valence-corrected chi connectivity index (χ0v) is 15.0. The first-order valence-electron chi connectivity index (χ1n) is 7.95. The Morgan fingerprint density at radius 3 is 2.27 bits per heavy atom. The highest BCUT2D eigenvalue weighted by molar-refractivity contribution is 6.12. The van der Waals surface area contributed by atoms with E-state index in [0.29, 0.717) is 22.8 Å². The zero-order valence-electron chi connectivity index (χ0n) is 15.0. The van der Waals surface area contributed by atoms with Crippen molar-refractivity contribution >= 4 is 17.9 Å². The van der Waals surface area contributed by atoms with Gasteiger partial charge in [-0.15, -0.1) is 0 Å². The Morgan fingerprint density at radius 1 is 1.00 bits per heavy atom. The number of nitrogens with zero attached hydrogens (tertiary/aromatic N) is 1. The molecule has 3 rings (SSSR count). The van der Waals surface area contributed by atoms with Crippen molar-refractivity contribution in [1.29, 1.82) is 0 Å². The van der Waals surface area contributed by atoms with Gasteiger partial charge in [0.25, 0.3) is 0 Å². The maximum atomic E-state index is 12.2. The molecule has 134 valence electrons. The van der Waals surface area contributed by atoms with Crippen LogP contribution in [0.1, 0.15) is 16.7 Å². The van der Waals surface area contributed by atoms with Crippen LogP contribution in [0, 0.1) is 6.92 Å². The zero-order chi connectivity index (χ0) is 18.7. The Kier molecular flexibility index (Phi) is 4.93. The standard InChI is InChI=1S/C20H19NO5/c1-12-6-5-7-14(8-12)19-21-15(20(22)26-19)9-13-10-16(23-2)18(25-4)17(11-13)24-3/h5-11H,1-4H3. The van der Waals surface area contributed by atoms with Gasteiger partial charge in [-0.05, 0) is 42.8 Å². The first-order chi connectivity index (χ1) is 12.5. The Bertz CT molecular complexity index is 889. The van der Waals surface area contributed by atoms with Crippen LogP contribution in [0.15, 0.2) is 47.1 Å². The number of rotatable bonds is 5. The van der Waals surface area contributed by atoms with Crippen LogP contribution in [-0.2, 0) is 9.53 Å². The van der Waals surface area contributed by atoms with Gasteiger partial charge < -0.3 is 18.9 Å². The first-order valence-corrected chi connectivity index (χ1v) is 7.95. The van der Waals surface area contributed by atoms with Crippen LogP contribution < -0.4 is 14.2 Å². The lowest BCUT2D eigenvalue weighted by Crippen LogP contribution is -2.05. The van der Waals surface area contributed by atoms with E-state index in [1.807, 2.05) is 31.2 Å². The summed E-state index contributed by atoms with van der Waals surface area (Å²) in [5, 5.41) is 0. The van der Waals surface area contributed by atoms with Crippen molar-refractivity contribution < 1.29 is 23.7 Å². The third kappa shape index (κ3) is 3.39. The third-order valence-corrected chi connectivity index (χ3v) is 3.88. The minimum atomic E-state index is -0.504. The van der Waals surface area contributed by atoms with Gasteiger partial charge in [0.1, 0.15) is 0 Å². The predicted molar refractivity (Wildman–Crippen MR) is 97.9 cm³/mol. The van der Waals surface area contributed by atoms with E-state index in [9.17, 15) is 4.79 Å². The fourth-order valence-electron chi connectivity index (χ4n) is 2.65. The van der Waals surface area contributed by atoms with Gasteiger partial charge in [0, 0.05) is 5.56 Å². The number of carbonyl (C=O) groups is 1. The molecule has 0 aromatic heterocycles. The van der Waals surface area contributed by atoms with Crippen molar-refractivity contribution in [1.82, 2.24) is 0 Å². The molecule has 2 aromatic rings. The van der Waals surface area contributed by atoms with Gasteiger partial charge in [-0.2, -0.15) is 0 Å². The molecule has 0 N–H and O–H groups in total. The molecule has 0 unspecified atom stereocenters. The summed E-state index contributed by atoms with van der Waals surface area (Å²) in [6.45, 7) is 1.97. The van der Waals surface area contributed by atoms with Gasteiger partial charge in [-0.25, -0.2) is 9.79 Å². The molecule has 0 saturated carbocycles. The summed E-state index contributed by atoms with van der Waals surface area (Å²) in [6.07, 6.45) is 1.62. The summed E-state index contributed by atoms with van der Waals surface area (Å²) in [5.41, 5.74) is 2.70. The number of aryl methyl sites for hydroxylation is 1. The fourth-order valence-corrected chi connectivity index (χ4v) is 2.65. The van der Waals surface area contributed by atoms with Crippen molar-refractivity contribution in [2.75, 3.05) is 21.3 Å². The average molecular weight is 353 g/mol. The lowest BCUT2D eigenvalue weighted by molar-refractivity contribution is -0.129. The van der Waals surface area contributed by atoms with Gasteiger partial charge in [0.15, 0.2) is 17.2 Å². The van der Waals surface area contributed by atoms with Crippen molar-refractivity contribution in [3.05, 3.63) is 58.8 Å². The SMILES string of the molecule is COc1cc(C=C2N=C(c3cccc(C)c3)OC2=O)cc(OC)c1OC. The number of aliphatic imine (C=N–C) groups is 1. The van der Waals surface area contributed by atoms with Gasteiger partial charge in [0.05, 0.1) is 21.3 Å². The topological polar surface area (TPSA) is 66.4 Å². The molecule has 0 aliphatic carbocycles. The molecule has 1 aliphatic rings. The van der Waals surface area contributed by atoms with Gasteiger partial charge in [0.2, 0.25) is 11.6 Å². The number of ether oxygens (including phenoxy) is 4. The molecular weight excluding hydrogens is 334 g/mol. The summed E-state index contributed by atoms with van der Waals surface area (Å²) >= 11 is 0. The minimum absolute atomic E-state index is 0.204. The number of hydrogen-bond acceptors (Lipinski definition) is 6. The molecule has 26 heavy (non-hydrogen) atoms. The van der Waals surface area contributed by atoms with E-state index in [1.165, 1.54) is 21.3 Å². The Labute approximate surface area is 151 Å². The van der Waals surface area contributed by atoms with Crippen LogP contribution in [0.2, 0.25) is 0 Å². The molecule has 1 heterocycles. The van der Waals surface area contributed by atoms with Crippen LogP contribution in [0.4, 0.5) is 0 Å². The van der Waals surface area contributed by atoms with Crippen LogP contribution in [0.3, 0.4) is 0 Å². The summed E-state index contributed by atoms with van der Waals surface area (Å²) in [4.78, 5) is 16.5.